The maximum atomic E-state index is 12.9. The van der Waals surface area contributed by atoms with Crippen molar-refractivity contribution >= 4 is 22.5 Å². The van der Waals surface area contributed by atoms with Gasteiger partial charge in [-0.1, -0.05) is 6.07 Å². The molecule has 0 spiro atoms. The summed E-state index contributed by atoms with van der Waals surface area (Å²) in [6.45, 7) is 0.559. The van der Waals surface area contributed by atoms with E-state index < -0.39 is 0 Å². The number of H-pyrrole nitrogens is 2. The van der Waals surface area contributed by atoms with Crippen LogP contribution in [-0.2, 0) is 13.0 Å². The number of carbonyl (C=O) groups is 1. The molecule has 0 amide bonds. The first-order chi connectivity index (χ1) is 14.7. The molecule has 4 N–H and O–H groups in total. The van der Waals surface area contributed by atoms with Crippen molar-refractivity contribution in [3.05, 3.63) is 78.1 Å². The number of rotatable bonds is 6. The monoisotopic (exact) mass is 398 g/mol. The quantitative estimate of drug-likeness (QED) is 0.377. The number of pyridine rings is 1. The summed E-state index contributed by atoms with van der Waals surface area (Å²) in [6.07, 6.45) is 9.03. The number of carbonyl (C=O) groups excluding carboxylic acids is 1. The summed E-state index contributed by atoms with van der Waals surface area (Å²) >= 11 is 0. The van der Waals surface area contributed by atoms with E-state index in [-0.39, 0.29) is 12.2 Å². The average molecular weight is 398 g/mol. The topological polar surface area (TPSA) is 131 Å². The van der Waals surface area contributed by atoms with Gasteiger partial charge in [-0.25, -0.2) is 4.98 Å². The van der Waals surface area contributed by atoms with Gasteiger partial charge in [0, 0.05) is 36.0 Å². The maximum Gasteiger partial charge on any atom is 0.188 e. The number of aromatic nitrogens is 7. The van der Waals surface area contributed by atoms with Crippen molar-refractivity contribution in [2.75, 3.05) is 5.73 Å². The molecule has 0 bridgehead atoms. The zero-order valence-corrected chi connectivity index (χ0v) is 15.9. The third-order valence-electron chi connectivity index (χ3n) is 4.90. The first-order valence-corrected chi connectivity index (χ1v) is 9.38. The Morgan fingerprint density at radius 2 is 2.03 bits per heavy atom. The lowest BCUT2D eigenvalue weighted by atomic mass is 10.0. The molecule has 0 aliphatic carbocycles. The van der Waals surface area contributed by atoms with Crippen LogP contribution in [0.2, 0.25) is 0 Å². The van der Waals surface area contributed by atoms with Crippen LogP contribution >= 0.6 is 0 Å². The predicted molar refractivity (Wildman–Crippen MR) is 112 cm³/mol. The van der Waals surface area contributed by atoms with Crippen molar-refractivity contribution in [3.63, 3.8) is 0 Å². The molecule has 0 aliphatic rings. The van der Waals surface area contributed by atoms with Crippen LogP contribution in [0.5, 0.6) is 0 Å². The molecule has 9 heteroatoms. The van der Waals surface area contributed by atoms with Crippen LogP contribution in [-0.4, -0.2) is 40.9 Å². The molecule has 0 unspecified atom stereocenters. The molecule has 9 nitrogen and oxygen atoms in total. The average Bonchev–Trinajstić information content (AvgIpc) is 3.48. The second-order valence-electron chi connectivity index (χ2n) is 7.05. The number of benzene rings is 1. The van der Waals surface area contributed by atoms with Crippen molar-refractivity contribution in [1.82, 2.24) is 35.2 Å². The van der Waals surface area contributed by atoms with Gasteiger partial charge in [-0.05, 0) is 41.0 Å². The fourth-order valence-corrected chi connectivity index (χ4v) is 3.45. The minimum atomic E-state index is -0.0648. The number of hydrogen-bond donors (Lipinski definition) is 3. The van der Waals surface area contributed by atoms with Gasteiger partial charge in [0.15, 0.2) is 5.78 Å². The molecule has 0 saturated heterocycles. The third-order valence-corrected chi connectivity index (χ3v) is 4.90. The molecule has 0 aliphatic heterocycles. The molecule has 148 valence electrons. The lowest BCUT2D eigenvalue weighted by molar-refractivity contribution is 0.0989. The number of anilines is 1. The van der Waals surface area contributed by atoms with E-state index >= 15 is 0 Å². The molecule has 4 aromatic heterocycles. The molecule has 4 heterocycles. The van der Waals surface area contributed by atoms with E-state index in [1.165, 1.54) is 0 Å². The Morgan fingerprint density at radius 3 is 2.87 bits per heavy atom. The summed E-state index contributed by atoms with van der Waals surface area (Å²) in [5.74, 6) is 0.404. The van der Waals surface area contributed by atoms with Gasteiger partial charge in [-0.2, -0.15) is 15.3 Å². The number of aromatic amines is 2. The number of nitrogen functional groups attached to an aromatic ring is 1. The molecule has 0 atom stereocenters. The molecule has 0 saturated carbocycles. The van der Waals surface area contributed by atoms with Gasteiger partial charge in [-0.15, -0.1) is 0 Å². The molecule has 5 rings (SSSR count). The number of nitrogens with zero attached hydrogens (tertiary/aromatic N) is 5. The summed E-state index contributed by atoms with van der Waals surface area (Å²) in [5.41, 5.74) is 10.8. The molecular formula is C21H18N8O. The van der Waals surface area contributed by atoms with Crippen molar-refractivity contribution in [3.8, 4) is 11.1 Å². The van der Waals surface area contributed by atoms with E-state index in [4.69, 9.17) is 5.73 Å². The van der Waals surface area contributed by atoms with Crippen LogP contribution in [0.15, 0.2) is 61.3 Å². The zero-order chi connectivity index (χ0) is 20.5. The lowest BCUT2D eigenvalue weighted by Crippen LogP contribution is -2.04. The predicted octanol–water partition coefficient (Wildman–Crippen LogP) is 2.60. The highest BCUT2D eigenvalue weighted by Gasteiger charge is 2.16. The second kappa shape index (κ2) is 7.28. The van der Waals surface area contributed by atoms with Crippen molar-refractivity contribution in [2.45, 2.75) is 13.0 Å². The molecule has 0 radical (unpaired) electrons. The second-order valence-corrected chi connectivity index (χ2v) is 7.05. The van der Waals surface area contributed by atoms with E-state index in [0.29, 0.717) is 18.1 Å². The normalized spacial score (nSPS) is 11.2. The van der Waals surface area contributed by atoms with E-state index in [1.807, 2.05) is 36.7 Å². The van der Waals surface area contributed by atoms with Crippen LogP contribution in [0, 0.1) is 0 Å². The van der Waals surface area contributed by atoms with Crippen LogP contribution in [0.1, 0.15) is 21.6 Å². The van der Waals surface area contributed by atoms with Crippen LogP contribution in [0.4, 0.5) is 5.82 Å². The molecule has 0 fully saturated rings. The number of Topliss-reactive ketones (excluding diaryl/α,β-unsaturated/α-hetero) is 1. The van der Waals surface area contributed by atoms with Crippen LogP contribution in [0.25, 0.3) is 22.0 Å². The SMILES string of the molecule is Nc1cc(Cn2cc(CC(=O)c3n[nH]c4cc(-c5cn[nH]c5)ccc34)cn2)ccn1. The van der Waals surface area contributed by atoms with E-state index in [9.17, 15) is 4.79 Å². The Hall–Kier alpha value is -4.27. The summed E-state index contributed by atoms with van der Waals surface area (Å²) in [6, 6.07) is 9.52. The Kier molecular flexibility index (Phi) is 4.32. The highest BCUT2D eigenvalue weighted by atomic mass is 16.1. The highest BCUT2D eigenvalue weighted by Crippen LogP contribution is 2.25. The maximum absolute atomic E-state index is 12.9. The molecule has 30 heavy (non-hydrogen) atoms. The summed E-state index contributed by atoms with van der Waals surface area (Å²) in [5, 5.41) is 19.1. The third kappa shape index (κ3) is 3.44. The van der Waals surface area contributed by atoms with Gasteiger partial charge in [0.1, 0.15) is 11.5 Å². The van der Waals surface area contributed by atoms with E-state index in [2.05, 4.69) is 30.5 Å². The van der Waals surface area contributed by atoms with Crippen molar-refractivity contribution < 1.29 is 4.79 Å². The first kappa shape index (κ1) is 17.8. The van der Waals surface area contributed by atoms with E-state index in [1.54, 1.807) is 29.3 Å². The highest BCUT2D eigenvalue weighted by molar-refractivity contribution is 6.07. The standard InChI is InChI=1S/C21H18N8O/c22-20-6-13(3-4-23-20)11-29-12-14(8-26-29)5-19(30)21-17-2-1-15(7-18(17)27-28-21)16-9-24-25-10-16/h1-4,6-10,12H,5,11H2,(H2,22,23)(H,24,25)(H,27,28). The van der Waals surface area contributed by atoms with E-state index in [0.717, 1.165) is 33.2 Å². The van der Waals surface area contributed by atoms with Gasteiger partial charge in [0.25, 0.3) is 0 Å². The van der Waals surface area contributed by atoms with Crippen LogP contribution in [0.3, 0.4) is 0 Å². The fraction of sp³-hybridized carbons (Fsp3) is 0.0952. The number of nitrogens with one attached hydrogen (secondary N) is 2. The number of fused-ring (bicyclic) bond motifs is 1. The molecule has 1 aromatic carbocycles. The van der Waals surface area contributed by atoms with Gasteiger partial charge < -0.3 is 5.73 Å². The van der Waals surface area contributed by atoms with Crippen molar-refractivity contribution in [1.29, 1.82) is 0 Å². The Balaban J connectivity index is 1.33. The fourth-order valence-electron chi connectivity index (χ4n) is 3.45. The number of nitrogens with two attached hydrogens (primary N) is 1. The Morgan fingerprint density at radius 1 is 1.10 bits per heavy atom. The Bertz CT molecular complexity index is 1330. The zero-order valence-electron chi connectivity index (χ0n) is 15.9. The first-order valence-electron chi connectivity index (χ1n) is 9.38. The van der Waals surface area contributed by atoms with Gasteiger partial charge in [-0.3, -0.25) is 19.7 Å². The largest absolute Gasteiger partial charge is 0.384 e. The number of hydrogen-bond acceptors (Lipinski definition) is 6. The molecular weight excluding hydrogens is 380 g/mol. The van der Waals surface area contributed by atoms with Gasteiger partial charge in [0.05, 0.1) is 24.5 Å². The summed E-state index contributed by atoms with van der Waals surface area (Å²) in [7, 11) is 0. The number of ketones is 1. The Labute approximate surface area is 171 Å². The van der Waals surface area contributed by atoms with Gasteiger partial charge >= 0.3 is 0 Å². The summed E-state index contributed by atoms with van der Waals surface area (Å²) < 4.78 is 1.78. The van der Waals surface area contributed by atoms with Crippen molar-refractivity contribution in [2.24, 2.45) is 0 Å². The minimum Gasteiger partial charge on any atom is -0.384 e. The van der Waals surface area contributed by atoms with Crippen LogP contribution < -0.4 is 5.73 Å². The smallest absolute Gasteiger partial charge is 0.188 e. The lowest BCUT2D eigenvalue weighted by Gasteiger charge is -2.02. The minimum absolute atomic E-state index is 0.0648. The van der Waals surface area contributed by atoms with Gasteiger partial charge in [0.2, 0.25) is 0 Å². The summed E-state index contributed by atoms with van der Waals surface area (Å²) in [4.78, 5) is 16.8. The molecule has 5 aromatic rings.